The maximum atomic E-state index is 10.1. The number of carbonyl (C=O) groups excluding carboxylic acids is 1. The number of hydrogen-bond donors (Lipinski definition) is 1. The van der Waals surface area contributed by atoms with Crippen LogP contribution >= 0.6 is 12.4 Å². The van der Waals surface area contributed by atoms with E-state index < -0.39 is 0 Å². The van der Waals surface area contributed by atoms with E-state index in [1.807, 2.05) is 0 Å². The van der Waals surface area contributed by atoms with Crippen molar-refractivity contribution >= 4 is 18.4 Å². The van der Waals surface area contributed by atoms with E-state index in [0.29, 0.717) is 6.61 Å². The van der Waals surface area contributed by atoms with Gasteiger partial charge in [-0.25, -0.2) is 0 Å². The van der Waals surface area contributed by atoms with E-state index in [4.69, 9.17) is 5.73 Å². The monoisotopic (exact) mass is 141 g/mol. The van der Waals surface area contributed by atoms with Gasteiger partial charge in [-0.15, -0.1) is 12.4 Å². The van der Waals surface area contributed by atoms with Crippen molar-refractivity contribution in [2.45, 2.75) is 6.92 Å². The fourth-order valence-corrected chi connectivity index (χ4v) is 0.220. The fourth-order valence-electron chi connectivity index (χ4n) is 0.220. The Morgan fingerprint density at radius 3 is 2.50 bits per heavy atom. The molecule has 0 heterocycles. The molecule has 0 aliphatic heterocycles. The van der Waals surface area contributed by atoms with Gasteiger partial charge < -0.3 is 10.5 Å². The lowest BCUT2D eigenvalue weighted by atomic mass is 10.9. The van der Waals surface area contributed by atoms with Crippen LogP contribution in [0.5, 0.6) is 0 Å². The van der Waals surface area contributed by atoms with Crippen molar-refractivity contribution < 1.29 is 9.53 Å². The third-order valence-corrected chi connectivity index (χ3v) is 0.472. The second-order valence-corrected chi connectivity index (χ2v) is 1.01. The molecule has 0 atom stereocenters. The Morgan fingerprint density at radius 1 is 1.88 bits per heavy atom. The van der Waals surface area contributed by atoms with Crippen molar-refractivity contribution in [1.82, 2.24) is 0 Å². The van der Waals surface area contributed by atoms with Gasteiger partial charge in [0.25, 0.3) is 0 Å². The third kappa shape index (κ3) is 5.72. The summed E-state index contributed by atoms with van der Waals surface area (Å²) in [6, 6.07) is 0. The first kappa shape index (κ1) is 10.7. The van der Waals surface area contributed by atoms with Gasteiger partial charge in [-0.1, -0.05) is 0 Å². The number of carbonyl (C=O) groups is 1. The highest BCUT2D eigenvalue weighted by Crippen LogP contribution is 1.69. The van der Waals surface area contributed by atoms with Crippen molar-refractivity contribution in [3.63, 3.8) is 0 Å². The maximum Gasteiger partial charge on any atom is 0.319 e. The molecule has 8 heavy (non-hydrogen) atoms. The fraction of sp³-hybridized carbons (Fsp3) is 0.750. The van der Waals surface area contributed by atoms with E-state index in [2.05, 4.69) is 4.74 Å². The van der Waals surface area contributed by atoms with Crippen LogP contribution < -0.4 is 5.73 Å². The molecule has 0 spiro atoms. The van der Waals surface area contributed by atoms with Crippen molar-refractivity contribution in [2.75, 3.05) is 13.2 Å². The summed E-state index contributed by atoms with van der Waals surface area (Å²) in [5, 5.41) is 0. The smallest absolute Gasteiger partial charge is 0.319 e. The molecule has 0 rings (SSSR count). The van der Waals surface area contributed by atoms with Crippen LogP contribution in [0, 0.1) is 0 Å². The van der Waals surface area contributed by atoms with Gasteiger partial charge in [0.05, 0.1) is 13.2 Å². The van der Waals surface area contributed by atoms with E-state index >= 15 is 0 Å². The van der Waals surface area contributed by atoms with Crippen molar-refractivity contribution in [3.8, 4) is 0 Å². The van der Waals surface area contributed by atoms with E-state index in [0.717, 1.165) is 0 Å². The summed E-state index contributed by atoms with van der Waals surface area (Å²) in [5.74, 6) is -0.345. The van der Waals surface area contributed by atoms with Gasteiger partial charge in [0.2, 0.25) is 0 Å². The quantitative estimate of drug-likeness (QED) is 0.548. The Hall–Kier alpha value is -0.280. The Morgan fingerprint density at radius 2 is 2.38 bits per heavy atom. The minimum absolute atomic E-state index is 0. The summed E-state index contributed by atoms with van der Waals surface area (Å²) in [4.78, 5) is 10.1. The second kappa shape index (κ2) is 6.72. The van der Waals surface area contributed by atoms with E-state index in [1.54, 1.807) is 6.92 Å². The molecule has 0 aromatic rings. The lowest BCUT2D eigenvalue weighted by Crippen LogP contribution is -2.16. The average Bonchev–Trinajstić information content (AvgIpc) is 1.68. The molecule has 0 bridgehead atoms. The molecular formula is C4H10ClNO2. The van der Waals surface area contributed by atoms with Crippen LogP contribution in [0.2, 0.25) is 0 Å². The van der Waals surface area contributed by atoms with Crippen LogP contribution in [-0.2, 0) is 9.53 Å². The third-order valence-electron chi connectivity index (χ3n) is 0.472. The van der Waals surface area contributed by atoms with E-state index in [-0.39, 0.29) is 24.9 Å². The molecule has 4 heteroatoms. The molecule has 3 nitrogen and oxygen atoms in total. The Bertz CT molecular complexity index is 67.1. The van der Waals surface area contributed by atoms with Gasteiger partial charge in [0.1, 0.15) is 0 Å². The van der Waals surface area contributed by atoms with Gasteiger partial charge in [-0.05, 0) is 6.92 Å². The SMILES string of the molecule is CCOC(=O)[14CH2]N.Cl. The summed E-state index contributed by atoms with van der Waals surface area (Å²) in [7, 11) is 0. The highest BCUT2D eigenvalue weighted by Gasteiger charge is 1.91. The molecule has 0 fully saturated rings. The molecule has 0 radical (unpaired) electrons. The molecule has 50 valence electrons. The molecule has 0 aromatic heterocycles. The summed E-state index contributed by atoms with van der Waals surface area (Å²) in [5.41, 5.74) is 4.88. The highest BCUT2D eigenvalue weighted by atomic mass is 35.5. The zero-order valence-corrected chi connectivity index (χ0v) is 5.53. The predicted octanol–water partition coefficient (Wildman–Crippen LogP) is -0.0700. The van der Waals surface area contributed by atoms with Crippen LogP contribution in [-0.4, -0.2) is 19.1 Å². The molecule has 0 aliphatic rings. The van der Waals surface area contributed by atoms with Gasteiger partial charge in [-0.3, -0.25) is 4.79 Å². The largest absolute Gasteiger partial charge is 0.465 e. The molecule has 0 aliphatic carbocycles. The van der Waals surface area contributed by atoms with Crippen molar-refractivity contribution in [1.29, 1.82) is 0 Å². The summed E-state index contributed by atoms with van der Waals surface area (Å²) in [6.07, 6.45) is 0. The summed E-state index contributed by atoms with van der Waals surface area (Å²) >= 11 is 0. The molecule has 2 N–H and O–H groups in total. The molecule has 0 amide bonds. The Labute approximate surface area is 54.6 Å². The minimum Gasteiger partial charge on any atom is -0.465 e. The number of rotatable bonds is 2. The van der Waals surface area contributed by atoms with Crippen LogP contribution in [0.3, 0.4) is 0 Å². The normalized spacial score (nSPS) is 7.25. The first-order chi connectivity index (χ1) is 3.31. The Kier molecular flexibility index (Phi) is 8.95. The van der Waals surface area contributed by atoms with E-state index in [9.17, 15) is 4.79 Å². The predicted molar refractivity (Wildman–Crippen MR) is 32.9 cm³/mol. The highest BCUT2D eigenvalue weighted by molar-refractivity contribution is 5.85. The topological polar surface area (TPSA) is 52.3 Å². The number of nitrogens with two attached hydrogens (primary N) is 1. The van der Waals surface area contributed by atoms with Crippen LogP contribution in [0.4, 0.5) is 0 Å². The first-order valence-corrected chi connectivity index (χ1v) is 2.17. The molecule has 0 aromatic carbocycles. The summed E-state index contributed by atoms with van der Waals surface area (Å²) < 4.78 is 4.43. The second-order valence-electron chi connectivity index (χ2n) is 1.01. The molecular weight excluding hydrogens is 131 g/mol. The Balaban J connectivity index is 0. The molecule has 0 saturated heterocycles. The number of esters is 1. The lowest BCUT2D eigenvalue weighted by Gasteiger charge is -1.93. The van der Waals surface area contributed by atoms with Crippen LogP contribution in [0.1, 0.15) is 6.92 Å². The maximum absolute atomic E-state index is 10.1. The van der Waals surface area contributed by atoms with E-state index in [1.165, 1.54) is 0 Å². The zero-order valence-electron chi connectivity index (χ0n) is 4.72. The molecule has 0 unspecified atom stereocenters. The number of halogens is 1. The van der Waals surface area contributed by atoms with Crippen LogP contribution in [0.25, 0.3) is 0 Å². The van der Waals surface area contributed by atoms with Crippen molar-refractivity contribution in [2.24, 2.45) is 5.73 Å². The number of hydrogen-bond acceptors (Lipinski definition) is 3. The van der Waals surface area contributed by atoms with Gasteiger partial charge >= 0.3 is 5.97 Å². The standard InChI is InChI=1S/C4H9NO2.ClH/c1-2-7-4(6)3-5;/h2-3,5H2,1H3;1H/i3+2;. The number of ether oxygens (including phenoxy) is 1. The summed E-state index contributed by atoms with van der Waals surface area (Å²) in [6.45, 7) is 2.14. The first-order valence-electron chi connectivity index (χ1n) is 2.17. The lowest BCUT2D eigenvalue weighted by molar-refractivity contribution is -0.141. The van der Waals surface area contributed by atoms with Gasteiger partial charge in [0, 0.05) is 0 Å². The van der Waals surface area contributed by atoms with Crippen LogP contribution in [0.15, 0.2) is 0 Å². The van der Waals surface area contributed by atoms with Gasteiger partial charge in [-0.2, -0.15) is 0 Å². The molecule has 0 saturated carbocycles. The average molecular weight is 142 g/mol. The zero-order chi connectivity index (χ0) is 5.70. The van der Waals surface area contributed by atoms with Crippen molar-refractivity contribution in [3.05, 3.63) is 0 Å². The van der Waals surface area contributed by atoms with Gasteiger partial charge in [0.15, 0.2) is 0 Å². The minimum atomic E-state index is -0.345.